The van der Waals surface area contributed by atoms with Gasteiger partial charge in [-0.3, -0.25) is 0 Å². The van der Waals surface area contributed by atoms with Gasteiger partial charge in [0.2, 0.25) is 0 Å². The lowest BCUT2D eigenvalue weighted by molar-refractivity contribution is -0.193. The maximum atomic E-state index is 12.2. The molecule has 1 aromatic rings. The van der Waals surface area contributed by atoms with E-state index in [0.717, 1.165) is 13.5 Å². The summed E-state index contributed by atoms with van der Waals surface area (Å²) in [4.78, 5) is 3.81. The van der Waals surface area contributed by atoms with E-state index in [1.54, 1.807) is 0 Å². The second-order valence-corrected chi connectivity index (χ2v) is 4.43. The van der Waals surface area contributed by atoms with E-state index in [2.05, 4.69) is 28.9 Å². The van der Waals surface area contributed by atoms with Crippen molar-refractivity contribution in [1.82, 2.24) is 10.3 Å². The maximum Gasteiger partial charge on any atom is 0.425 e. The van der Waals surface area contributed by atoms with E-state index in [0.29, 0.717) is 18.2 Å². The van der Waals surface area contributed by atoms with E-state index in [4.69, 9.17) is 4.42 Å². The quantitative estimate of drug-likeness (QED) is 0.860. The van der Waals surface area contributed by atoms with Crippen LogP contribution in [0.2, 0.25) is 0 Å². The van der Waals surface area contributed by atoms with Gasteiger partial charge in [-0.05, 0) is 19.4 Å². The predicted octanol–water partition coefficient (Wildman–Crippen LogP) is 2.75. The second kappa shape index (κ2) is 6.08. The van der Waals surface area contributed by atoms with Gasteiger partial charge < -0.3 is 14.5 Å². The Bertz CT molecular complexity index is 363. The number of hydrogen-bond donors (Lipinski definition) is 1. The Morgan fingerprint density at radius 3 is 2.61 bits per heavy atom. The van der Waals surface area contributed by atoms with Gasteiger partial charge in [-0.1, -0.05) is 13.8 Å². The third kappa shape index (κ3) is 4.95. The van der Waals surface area contributed by atoms with Gasteiger partial charge in [-0.25, -0.2) is 0 Å². The molecule has 0 fully saturated rings. The lowest BCUT2D eigenvalue weighted by Crippen LogP contribution is -2.31. The Labute approximate surface area is 104 Å². The molecule has 0 radical (unpaired) electrons. The fourth-order valence-electron chi connectivity index (χ4n) is 1.13. The van der Waals surface area contributed by atoms with E-state index in [1.165, 1.54) is 6.26 Å². The molecule has 0 saturated carbocycles. The third-order valence-electron chi connectivity index (χ3n) is 2.13. The van der Waals surface area contributed by atoms with Crippen LogP contribution in [0, 0.1) is 5.92 Å². The highest BCUT2D eigenvalue weighted by Crippen LogP contribution is 2.24. The van der Waals surface area contributed by atoms with Crippen LogP contribution in [0.1, 0.15) is 26.5 Å². The molecule has 0 amide bonds. The van der Waals surface area contributed by atoms with Crippen LogP contribution in [0.25, 0.3) is 0 Å². The number of nitrogens with one attached hydrogen (secondary N) is 1. The van der Waals surface area contributed by atoms with E-state index >= 15 is 0 Å². The smallest absolute Gasteiger partial charge is 0.425 e. The van der Waals surface area contributed by atoms with Crippen molar-refractivity contribution in [1.29, 1.82) is 0 Å². The maximum absolute atomic E-state index is 12.2. The fraction of sp³-hybridized carbons (Fsp3) is 0.727. The molecule has 1 heterocycles. The van der Waals surface area contributed by atoms with Gasteiger partial charge in [-0.2, -0.15) is 18.2 Å². The monoisotopic (exact) mass is 266 g/mol. The largest absolute Gasteiger partial charge is 0.437 e. The van der Waals surface area contributed by atoms with Crippen LogP contribution in [0.5, 0.6) is 6.08 Å². The number of hydrogen-bond acceptors (Lipinski definition) is 4. The van der Waals surface area contributed by atoms with E-state index in [9.17, 15) is 13.2 Å². The molecule has 0 aliphatic heterocycles. The molecule has 0 saturated heterocycles. The molecule has 104 valence electrons. The summed E-state index contributed by atoms with van der Waals surface area (Å²) in [5.74, 6) is 0.484. The van der Waals surface area contributed by atoms with Gasteiger partial charge in [0, 0.05) is 6.54 Å². The Kier molecular flexibility index (Phi) is 5.01. The summed E-state index contributed by atoms with van der Waals surface area (Å²) < 4.78 is 46.0. The Morgan fingerprint density at radius 2 is 2.06 bits per heavy atom. The molecule has 0 spiro atoms. The van der Waals surface area contributed by atoms with Crippen molar-refractivity contribution in [3.63, 3.8) is 0 Å². The highest BCUT2D eigenvalue weighted by atomic mass is 19.4. The van der Waals surface area contributed by atoms with Gasteiger partial charge in [0.05, 0.1) is 5.69 Å². The van der Waals surface area contributed by atoms with Crippen molar-refractivity contribution >= 4 is 0 Å². The molecule has 1 N–H and O–H groups in total. The second-order valence-electron chi connectivity index (χ2n) is 4.43. The lowest BCUT2D eigenvalue weighted by Gasteiger charge is -2.14. The summed E-state index contributed by atoms with van der Waals surface area (Å²) in [5.41, 5.74) is 0.514. The first-order valence-electron chi connectivity index (χ1n) is 5.67. The van der Waals surface area contributed by atoms with E-state index < -0.39 is 12.3 Å². The molecule has 0 aromatic carbocycles. The molecule has 1 rings (SSSR count). The summed E-state index contributed by atoms with van der Waals surface area (Å²) in [5, 5.41) is 3.10. The van der Waals surface area contributed by atoms with Crippen LogP contribution in [0.4, 0.5) is 13.2 Å². The SMILES string of the molecule is CC(C)CNCc1coc(OC(C)C(F)(F)F)n1. The van der Waals surface area contributed by atoms with Crippen LogP contribution in [-0.2, 0) is 6.54 Å². The zero-order valence-corrected chi connectivity index (χ0v) is 10.5. The fourth-order valence-corrected chi connectivity index (χ4v) is 1.13. The number of rotatable bonds is 6. The average molecular weight is 266 g/mol. The highest BCUT2D eigenvalue weighted by Gasteiger charge is 2.39. The van der Waals surface area contributed by atoms with Gasteiger partial charge in [0.1, 0.15) is 6.26 Å². The topological polar surface area (TPSA) is 47.3 Å². The van der Waals surface area contributed by atoms with Crippen molar-refractivity contribution in [2.45, 2.75) is 39.6 Å². The number of nitrogens with zero attached hydrogens (tertiary/aromatic N) is 1. The Morgan fingerprint density at radius 1 is 1.39 bits per heavy atom. The van der Waals surface area contributed by atoms with Crippen molar-refractivity contribution in [3.8, 4) is 6.08 Å². The highest BCUT2D eigenvalue weighted by molar-refractivity contribution is 5.00. The molecular weight excluding hydrogens is 249 g/mol. The van der Waals surface area contributed by atoms with E-state index in [1.807, 2.05) is 0 Å². The standard InChI is InChI=1S/C11H17F3N2O2/c1-7(2)4-15-5-9-6-17-10(16-9)18-8(3)11(12,13)14/h6-8,15H,4-5H2,1-3H3. The molecule has 7 heteroatoms. The Balaban J connectivity index is 2.43. The summed E-state index contributed by atoms with van der Waals surface area (Å²) in [7, 11) is 0. The molecule has 1 unspecified atom stereocenters. The van der Waals surface area contributed by atoms with E-state index in [-0.39, 0.29) is 6.08 Å². The molecule has 0 bridgehead atoms. The minimum absolute atomic E-state index is 0.360. The number of alkyl halides is 3. The van der Waals surface area contributed by atoms with Gasteiger partial charge in [0.15, 0.2) is 6.10 Å². The van der Waals surface area contributed by atoms with Crippen LogP contribution in [0.3, 0.4) is 0 Å². The molecule has 1 atom stereocenters. The van der Waals surface area contributed by atoms with Crippen molar-refractivity contribution in [2.75, 3.05) is 6.54 Å². The number of aromatic nitrogens is 1. The zero-order valence-electron chi connectivity index (χ0n) is 10.5. The first kappa shape index (κ1) is 14.8. The van der Waals surface area contributed by atoms with Gasteiger partial charge >= 0.3 is 12.3 Å². The van der Waals surface area contributed by atoms with Gasteiger partial charge in [0.25, 0.3) is 0 Å². The van der Waals surface area contributed by atoms with Crippen molar-refractivity contribution < 1.29 is 22.3 Å². The van der Waals surface area contributed by atoms with Crippen LogP contribution in [0.15, 0.2) is 10.7 Å². The van der Waals surface area contributed by atoms with Crippen molar-refractivity contribution in [3.05, 3.63) is 12.0 Å². The molecular formula is C11H17F3N2O2. The Hall–Kier alpha value is -1.24. The molecule has 18 heavy (non-hydrogen) atoms. The number of oxazole rings is 1. The first-order valence-corrected chi connectivity index (χ1v) is 5.67. The summed E-state index contributed by atoms with van der Waals surface area (Å²) in [6, 6.07) is 0. The molecule has 0 aliphatic carbocycles. The summed E-state index contributed by atoms with van der Waals surface area (Å²) in [6.07, 6.45) is -5.44. The average Bonchev–Trinajstić information content (AvgIpc) is 2.63. The normalized spacial score (nSPS) is 13.9. The minimum Gasteiger partial charge on any atom is -0.437 e. The van der Waals surface area contributed by atoms with Crippen LogP contribution in [-0.4, -0.2) is 23.8 Å². The van der Waals surface area contributed by atoms with Gasteiger partial charge in [-0.15, -0.1) is 0 Å². The lowest BCUT2D eigenvalue weighted by atomic mass is 10.2. The predicted molar refractivity (Wildman–Crippen MR) is 59.2 cm³/mol. The molecule has 1 aromatic heterocycles. The minimum atomic E-state index is -4.43. The first-order chi connectivity index (χ1) is 8.29. The molecule has 4 nitrogen and oxygen atoms in total. The number of halogens is 3. The zero-order chi connectivity index (χ0) is 13.8. The summed E-state index contributed by atoms with van der Waals surface area (Å²) in [6.45, 7) is 6.24. The van der Waals surface area contributed by atoms with Crippen LogP contribution < -0.4 is 10.1 Å². The van der Waals surface area contributed by atoms with Crippen LogP contribution >= 0.6 is 0 Å². The summed E-state index contributed by atoms with van der Waals surface area (Å²) >= 11 is 0. The molecule has 0 aliphatic rings. The third-order valence-corrected chi connectivity index (χ3v) is 2.13. The number of ether oxygens (including phenoxy) is 1. The van der Waals surface area contributed by atoms with Crippen molar-refractivity contribution in [2.24, 2.45) is 5.92 Å².